The average molecular weight is 410 g/mol. The van der Waals surface area contributed by atoms with Gasteiger partial charge in [-0.3, -0.25) is 29.8 Å². The lowest BCUT2D eigenvalue weighted by molar-refractivity contribution is -0.122. The monoisotopic (exact) mass is 410 g/mol. The molecule has 2 N–H and O–H groups in total. The quantitative estimate of drug-likeness (QED) is 0.646. The van der Waals surface area contributed by atoms with Gasteiger partial charge < -0.3 is 0 Å². The van der Waals surface area contributed by atoms with E-state index in [1.165, 1.54) is 32.7 Å². The summed E-state index contributed by atoms with van der Waals surface area (Å²) in [6.07, 6.45) is 5.67. The lowest BCUT2D eigenvalue weighted by Gasteiger charge is -2.19. The van der Waals surface area contributed by atoms with Crippen molar-refractivity contribution in [2.75, 3.05) is 0 Å². The van der Waals surface area contributed by atoms with E-state index in [9.17, 15) is 14.4 Å². The molecular formula is C21H22N4O3S. The third-order valence-corrected chi connectivity index (χ3v) is 6.58. The first-order valence-corrected chi connectivity index (χ1v) is 10.5. The lowest BCUT2D eigenvalue weighted by Crippen LogP contribution is -2.44. The third-order valence-electron chi connectivity index (χ3n) is 5.35. The molecule has 1 atom stereocenters. The number of aromatic nitrogens is 2. The Morgan fingerprint density at radius 3 is 2.93 bits per heavy atom. The second-order valence-corrected chi connectivity index (χ2v) is 8.41. The normalized spacial score (nSPS) is 15.7. The van der Waals surface area contributed by atoms with E-state index in [2.05, 4.69) is 22.8 Å². The maximum atomic E-state index is 12.4. The summed E-state index contributed by atoms with van der Waals surface area (Å²) in [6, 6.07) is 8.89. The molecule has 1 aliphatic rings. The smallest absolute Gasteiger partial charge is 0.279 e. The SMILES string of the molecule is CC[C@H]1CCc2sc(C(=O)NNC(=O)Cn3cnc4ccccc4c3=O)cc2C1. The zero-order valence-electron chi connectivity index (χ0n) is 16.1. The molecular weight excluding hydrogens is 388 g/mol. The van der Waals surface area contributed by atoms with Gasteiger partial charge in [0.05, 0.1) is 22.1 Å². The van der Waals surface area contributed by atoms with Crippen LogP contribution in [0.2, 0.25) is 0 Å². The van der Waals surface area contributed by atoms with Crippen molar-refractivity contribution < 1.29 is 9.59 Å². The molecule has 2 aromatic heterocycles. The Labute approximate surface area is 171 Å². The lowest BCUT2D eigenvalue weighted by atomic mass is 9.87. The fourth-order valence-electron chi connectivity index (χ4n) is 3.66. The number of carbonyl (C=O) groups excluding carboxylic acids is 2. The largest absolute Gasteiger partial charge is 0.289 e. The van der Waals surface area contributed by atoms with Crippen LogP contribution in [0, 0.1) is 5.92 Å². The van der Waals surface area contributed by atoms with Crippen LogP contribution < -0.4 is 16.4 Å². The number of nitrogens with one attached hydrogen (secondary N) is 2. The first-order valence-electron chi connectivity index (χ1n) is 9.70. The minimum atomic E-state index is -0.495. The molecule has 0 saturated carbocycles. The second-order valence-electron chi connectivity index (χ2n) is 7.27. The number of amides is 2. The van der Waals surface area contributed by atoms with Crippen molar-refractivity contribution in [3.63, 3.8) is 0 Å². The van der Waals surface area contributed by atoms with Crippen LogP contribution in [0.25, 0.3) is 10.9 Å². The maximum absolute atomic E-state index is 12.4. The molecule has 0 radical (unpaired) electrons. The minimum absolute atomic E-state index is 0.226. The molecule has 0 unspecified atom stereocenters. The van der Waals surface area contributed by atoms with Crippen molar-refractivity contribution in [2.45, 2.75) is 39.2 Å². The first-order chi connectivity index (χ1) is 14.0. The van der Waals surface area contributed by atoms with E-state index in [0.717, 1.165) is 25.7 Å². The van der Waals surface area contributed by atoms with E-state index < -0.39 is 5.91 Å². The number of carbonyl (C=O) groups is 2. The molecule has 3 aromatic rings. The summed E-state index contributed by atoms with van der Waals surface area (Å²) in [4.78, 5) is 43.1. The van der Waals surface area contributed by atoms with Gasteiger partial charge >= 0.3 is 0 Å². The fraction of sp³-hybridized carbons (Fsp3) is 0.333. The molecule has 2 heterocycles. The van der Waals surface area contributed by atoms with Crippen molar-refractivity contribution >= 4 is 34.1 Å². The highest BCUT2D eigenvalue weighted by Gasteiger charge is 2.22. The molecule has 1 aromatic carbocycles. The molecule has 1 aliphatic carbocycles. The van der Waals surface area contributed by atoms with Gasteiger partial charge in [-0.05, 0) is 48.9 Å². The van der Waals surface area contributed by atoms with Crippen LogP contribution in [0.1, 0.15) is 39.9 Å². The number of hydrazine groups is 1. The van der Waals surface area contributed by atoms with Crippen molar-refractivity contribution in [3.05, 3.63) is 62.3 Å². The Hall–Kier alpha value is -3.00. The molecule has 0 bridgehead atoms. The number of hydrogen-bond donors (Lipinski definition) is 2. The van der Waals surface area contributed by atoms with Gasteiger partial charge in [-0.25, -0.2) is 4.98 Å². The van der Waals surface area contributed by atoms with Crippen LogP contribution in [0.5, 0.6) is 0 Å². The Morgan fingerprint density at radius 1 is 1.28 bits per heavy atom. The number of thiophene rings is 1. The topological polar surface area (TPSA) is 93.1 Å². The van der Waals surface area contributed by atoms with Crippen LogP contribution in [0.4, 0.5) is 0 Å². The van der Waals surface area contributed by atoms with Crippen LogP contribution in [-0.2, 0) is 24.2 Å². The molecule has 8 heteroatoms. The first kappa shape index (κ1) is 19.3. The number of para-hydroxylation sites is 1. The van der Waals surface area contributed by atoms with Crippen LogP contribution in [0.3, 0.4) is 0 Å². The summed E-state index contributed by atoms with van der Waals surface area (Å²) in [5.41, 5.74) is 6.36. The summed E-state index contributed by atoms with van der Waals surface area (Å²) in [5, 5.41) is 0.446. The third kappa shape index (κ3) is 4.07. The second kappa shape index (κ2) is 8.16. The van der Waals surface area contributed by atoms with E-state index >= 15 is 0 Å². The van der Waals surface area contributed by atoms with Crippen LogP contribution in [0.15, 0.2) is 41.5 Å². The number of hydrogen-bond acceptors (Lipinski definition) is 5. The van der Waals surface area contributed by atoms with Gasteiger partial charge in [0.15, 0.2) is 0 Å². The van der Waals surface area contributed by atoms with Gasteiger partial charge in [-0.15, -0.1) is 11.3 Å². The van der Waals surface area contributed by atoms with Gasteiger partial charge in [-0.2, -0.15) is 0 Å². The van der Waals surface area contributed by atoms with Gasteiger partial charge in [0.25, 0.3) is 17.4 Å². The Balaban J connectivity index is 1.38. The zero-order valence-corrected chi connectivity index (χ0v) is 16.9. The highest BCUT2D eigenvalue weighted by Crippen LogP contribution is 2.33. The van der Waals surface area contributed by atoms with Gasteiger partial charge in [0.2, 0.25) is 0 Å². The number of fused-ring (bicyclic) bond motifs is 2. The molecule has 0 aliphatic heterocycles. The number of aryl methyl sites for hydroxylation is 1. The van der Waals surface area contributed by atoms with E-state index in [-0.39, 0.29) is 18.0 Å². The molecule has 0 spiro atoms. The molecule has 4 rings (SSSR count). The maximum Gasteiger partial charge on any atom is 0.279 e. The van der Waals surface area contributed by atoms with E-state index in [1.807, 2.05) is 6.07 Å². The van der Waals surface area contributed by atoms with Crippen LogP contribution >= 0.6 is 11.3 Å². The molecule has 150 valence electrons. The van der Waals surface area contributed by atoms with Gasteiger partial charge in [0, 0.05) is 4.88 Å². The predicted molar refractivity (Wildman–Crippen MR) is 112 cm³/mol. The highest BCUT2D eigenvalue weighted by atomic mass is 32.1. The highest BCUT2D eigenvalue weighted by molar-refractivity contribution is 7.14. The van der Waals surface area contributed by atoms with Gasteiger partial charge in [-0.1, -0.05) is 25.5 Å². The summed E-state index contributed by atoms with van der Waals surface area (Å²) in [7, 11) is 0. The van der Waals surface area contributed by atoms with E-state index in [0.29, 0.717) is 21.7 Å². The number of benzene rings is 1. The standard InChI is InChI=1S/C21H22N4O3S/c1-2-13-7-8-17-14(9-13)10-18(29-17)20(27)24-23-19(26)11-25-12-22-16-6-4-3-5-15(16)21(25)28/h3-6,10,12-13H,2,7-9,11H2,1H3,(H,23,26)(H,24,27)/t13-/m0/s1. The Morgan fingerprint density at radius 2 is 2.10 bits per heavy atom. The van der Waals surface area contributed by atoms with Crippen molar-refractivity contribution in [3.8, 4) is 0 Å². The van der Waals surface area contributed by atoms with Gasteiger partial charge in [0.1, 0.15) is 6.54 Å². The van der Waals surface area contributed by atoms with E-state index in [1.54, 1.807) is 24.3 Å². The Bertz CT molecular complexity index is 1130. The molecule has 2 amide bonds. The van der Waals surface area contributed by atoms with Crippen molar-refractivity contribution in [2.24, 2.45) is 5.92 Å². The summed E-state index contributed by atoms with van der Waals surface area (Å²) >= 11 is 1.49. The van der Waals surface area contributed by atoms with E-state index in [4.69, 9.17) is 0 Å². The van der Waals surface area contributed by atoms with Crippen molar-refractivity contribution in [1.82, 2.24) is 20.4 Å². The van der Waals surface area contributed by atoms with Crippen LogP contribution in [-0.4, -0.2) is 21.4 Å². The molecule has 0 saturated heterocycles. The number of nitrogens with zero attached hydrogens (tertiary/aromatic N) is 2. The average Bonchev–Trinajstić information content (AvgIpc) is 3.17. The molecule has 0 fully saturated rings. The summed E-state index contributed by atoms with van der Waals surface area (Å²) in [5.74, 6) is -0.152. The summed E-state index contributed by atoms with van der Waals surface area (Å²) in [6.45, 7) is 1.97. The minimum Gasteiger partial charge on any atom is -0.289 e. The molecule has 7 nitrogen and oxygen atoms in total. The predicted octanol–water partition coefficient (Wildman–Crippen LogP) is 2.43. The summed E-state index contributed by atoms with van der Waals surface area (Å²) < 4.78 is 1.22. The molecule has 29 heavy (non-hydrogen) atoms. The Kier molecular flexibility index (Phi) is 5.44. The number of rotatable bonds is 4. The van der Waals surface area contributed by atoms with Crippen molar-refractivity contribution in [1.29, 1.82) is 0 Å². The zero-order chi connectivity index (χ0) is 20.4. The fourth-order valence-corrected chi connectivity index (χ4v) is 4.76.